The van der Waals surface area contributed by atoms with Gasteiger partial charge in [-0.1, -0.05) is 90.4 Å². The summed E-state index contributed by atoms with van der Waals surface area (Å²) in [4.78, 5) is 72.5. The molecule has 14 atom stereocenters. The summed E-state index contributed by atoms with van der Waals surface area (Å²) in [5.41, 5.74) is 1.51. The fraction of sp³-hybridized carbons (Fsp3) is 0.737. The number of piperidine rings is 1. The van der Waals surface area contributed by atoms with E-state index in [1.165, 1.54) is 12.0 Å². The van der Waals surface area contributed by atoms with Crippen molar-refractivity contribution in [3.05, 3.63) is 59.8 Å². The molecule has 1 unspecified atom stereocenters. The number of amides is 1. The smallest absolute Gasteiger partial charge is 0.329 e. The van der Waals surface area contributed by atoms with E-state index in [0.29, 0.717) is 70.2 Å². The van der Waals surface area contributed by atoms with Gasteiger partial charge in [0.05, 0.1) is 45.7 Å². The van der Waals surface area contributed by atoms with Gasteiger partial charge >= 0.3 is 5.97 Å². The van der Waals surface area contributed by atoms with E-state index in [9.17, 15) is 34.2 Å². The number of methoxy groups -OCH3 is 3. The lowest BCUT2D eigenvalue weighted by Crippen LogP contribution is -2.61. The van der Waals surface area contributed by atoms with Crippen molar-refractivity contribution in [2.45, 2.75) is 193 Å². The van der Waals surface area contributed by atoms with Gasteiger partial charge in [0, 0.05) is 58.8 Å². The van der Waals surface area contributed by atoms with Gasteiger partial charge in [0.25, 0.3) is 11.7 Å². The molecule has 3 aliphatic heterocycles. The van der Waals surface area contributed by atoms with Crippen LogP contribution in [-0.4, -0.2) is 154 Å². The maximum Gasteiger partial charge on any atom is 0.329 e. The molecule has 2 saturated heterocycles. The SMILES string of the molecule is C=C1C[C@H](C)/C=C/C=C/C=C(\C)[C@@H](OC)C[C@@H]2CC[C@@H](C)C(O)(O2)C(=O)C(=O)N2CCCC[C@H]2C(=O)O[C@H]([C@H](C)C[C@@H]2CC[C@@H](OCCOC[Si](C)(C)C)[C@H](OC)C2)CC(=O)[C@H](C)/C=C(\C)[C@@H](O)[C@@H](OC)C1=O. The summed E-state index contributed by atoms with van der Waals surface area (Å²) in [6, 6.07) is -1.14. The average molecular weight is 1040 g/mol. The molecule has 15 nitrogen and oxygen atoms in total. The van der Waals surface area contributed by atoms with E-state index < -0.39 is 85.7 Å². The summed E-state index contributed by atoms with van der Waals surface area (Å²) in [5.74, 6) is -7.78. The maximum atomic E-state index is 14.6. The summed E-state index contributed by atoms with van der Waals surface area (Å²) in [6.07, 6.45) is 12.5. The molecule has 4 rings (SSSR count). The molecule has 1 aliphatic carbocycles. The highest BCUT2D eigenvalue weighted by Gasteiger charge is 2.53. The zero-order valence-corrected chi connectivity index (χ0v) is 47.2. The van der Waals surface area contributed by atoms with E-state index in [1.54, 1.807) is 41.1 Å². The fourth-order valence-corrected chi connectivity index (χ4v) is 11.4. The average Bonchev–Trinajstić information content (AvgIpc) is 3.35. The van der Waals surface area contributed by atoms with Gasteiger partial charge in [-0.05, 0) is 113 Å². The number of carbonyl (C=O) groups is 5. The molecule has 0 radical (unpaired) electrons. The number of aliphatic hydroxyl groups excluding tert-OH is 1. The maximum absolute atomic E-state index is 14.6. The molecule has 0 aromatic carbocycles. The Morgan fingerprint density at radius 3 is 2.26 bits per heavy atom. The van der Waals surface area contributed by atoms with Crippen LogP contribution < -0.4 is 0 Å². The molecule has 1 saturated carbocycles. The first kappa shape index (κ1) is 62.1. The molecule has 2 bridgehead atoms. The van der Waals surface area contributed by atoms with Gasteiger partial charge in [-0.25, -0.2) is 4.79 Å². The van der Waals surface area contributed by atoms with Crippen LogP contribution in [-0.2, 0) is 57.1 Å². The first-order valence-corrected chi connectivity index (χ1v) is 30.5. The third-order valence-electron chi connectivity index (χ3n) is 15.2. The predicted molar refractivity (Wildman–Crippen MR) is 283 cm³/mol. The Balaban J connectivity index is 1.66. The molecule has 412 valence electrons. The summed E-state index contributed by atoms with van der Waals surface area (Å²) >= 11 is 0. The van der Waals surface area contributed by atoms with Crippen LogP contribution in [0.1, 0.15) is 119 Å². The number of hydrogen-bond acceptors (Lipinski definition) is 14. The van der Waals surface area contributed by atoms with Gasteiger partial charge < -0.3 is 48.3 Å². The number of carbonyl (C=O) groups excluding carboxylic acids is 5. The molecule has 4 aliphatic rings. The normalized spacial score (nSPS) is 36.5. The zero-order valence-electron chi connectivity index (χ0n) is 46.2. The third-order valence-corrected chi connectivity index (χ3v) is 16.3. The number of ether oxygens (including phenoxy) is 7. The molecule has 0 aromatic rings. The van der Waals surface area contributed by atoms with Gasteiger partial charge in [-0.15, -0.1) is 0 Å². The Bertz CT molecular complexity index is 1990. The van der Waals surface area contributed by atoms with Crippen molar-refractivity contribution in [3.8, 4) is 0 Å². The number of nitrogens with zero attached hydrogens (tertiary/aromatic N) is 1. The van der Waals surface area contributed by atoms with Gasteiger partial charge in [-0.2, -0.15) is 0 Å². The third kappa shape index (κ3) is 18.1. The van der Waals surface area contributed by atoms with E-state index in [0.717, 1.165) is 24.6 Å². The lowest BCUT2D eigenvalue weighted by molar-refractivity contribution is -0.265. The van der Waals surface area contributed by atoms with E-state index in [1.807, 2.05) is 51.2 Å². The second-order valence-corrected chi connectivity index (χ2v) is 28.1. The van der Waals surface area contributed by atoms with E-state index in [2.05, 4.69) is 26.2 Å². The zero-order chi connectivity index (χ0) is 54.2. The topological polar surface area (TPSA) is 194 Å². The molecular weight excluding hydrogens is 951 g/mol. The highest BCUT2D eigenvalue weighted by atomic mass is 28.3. The predicted octanol–water partition coefficient (Wildman–Crippen LogP) is 8.02. The lowest BCUT2D eigenvalue weighted by atomic mass is 9.78. The summed E-state index contributed by atoms with van der Waals surface area (Å²) < 4.78 is 42.1. The molecule has 1 amide bonds. The van der Waals surface area contributed by atoms with Crippen LogP contribution >= 0.6 is 0 Å². The molecule has 0 aromatic heterocycles. The van der Waals surface area contributed by atoms with Crippen molar-refractivity contribution in [2.24, 2.45) is 29.6 Å². The molecule has 2 N–H and O–H groups in total. The van der Waals surface area contributed by atoms with Crippen molar-refractivity contribution >= 4 is 37.3 Å². The number of cyclic esters (lactones) is 1. The minimum absolute atomic E-state index is 0.0810. The van der Waals surface area contributed by atoms with E-state index in [-0.39, 0.29) is 60.7 Å². The minimum atomic E-state index is -2.44. The summed E-state index contributed by atoms with van der Waals surface area (Å²) in [6.45, 7) is 22.7. The quantitative estimate of drug-likeness (QED) is 0.0477. The van der Waals surface area contributed by atoms with Gasteiger partial charge in [0.1, 0.15) is 30.1 Å². The van der Waals surface area contributed by atoms with Gasteiger partial charge in [0.2, 0.25) is 5.79 Å². The Morgan fingerprint density at radius 2 is 1.59 bits per heavy atom. The first-order chi connectivity index (χ1) is 34.4. The van der Waals surface area contributed by atoms with Crippen LogP contribution in [0.25, 0.3) is 0 Å². The van der Waals surface area contributed by atoms with Crippen molar-refractivity contribution in [2.75, 3.05) is 47.3 Å². The van der Waals surface area contributed by atoms with Crippen molar-refractivity contribution in [3.63, 3.8) is 0 Å². The number of Topliss-reactive ketones (excluding diaryl/α,β-unsaturated/α-hetero) is 3. The highest BCUT2D eigenvalue weighted by Crippen LogP contribution is 2.38. The Hall–Kier alpha value is -3.45. The van der Waals surface area contributed by atoms with Crippen molar-refractivity contribution in [1.29, 1.82) is 0 Å². The number of esters is 1. The lowest BCUT2D eigenvalue weighted by Gasteiger charge is -2.42. The molecule has 3 fully saturated rings. The van der Waals surface area contributed by atoms with E-state index >= 15 is 0 Å². The van der Waals surface area contributed by atoms with Crippen LogP contribution in [0.4, 0.5) is 0 Å². The molecule has 3 heterocycles. The van der Waals surface area contributed by atoms with Gasteiger partial charge in [-0.3, -0.25) is 19.2 Å². The molecular formula is C57H91NO14Si. The van der Waals surface area contributed by atoms with Gasteiger partial charge in [0.15, 0.2) is 5.78 Å². The summed E-state index contributed by atoms with van der Waals surface area (Å²) in [7, 11) is 3.26. The standard InChI is InChI=1S/C57H91NO14Si/c1-36-19-15-14-16-20-37(2)48(66-8)33-44-24-22-42(7)57(65,72-44)54(62)55(63)58-26-18-17-21-45(58)56(64)71-49(34-46(59)38(3)30-41(6)52(61)53(68-10)51(60)40(5)29-36)39(4)31-43-23-25-47(50(32-43)67-9)70-28-27-69-35-73(11,12)13/h14-16,19-20,30,36,38-39,42-45,47-50,52-53,61,65H,5,17-18,21-29,31-35H2,1-4,6-13H3/b16-14+,19-15+,37-20+,41-30+/t36-,38-,39-,42-,43+,44+,45+,47-,48+,49+,50-,52-,53+,57?/m1/s1. The minimum Gasteiger partial charge on any atom is -0.460 e. The number of allylic oxidation sites excluding steroid dienone is 6. The number of aliphatic hydroxyl groups is 2. The highest BCUT2D eigenvalue weighted by molar-refractivity contribution is 6.76. The van der Waals surface area contributed by atoms with Crippen molar-refractivity contribution in [1.82, 2.24) is 4.90 Å². The fourth-order valence-electron chi connectivity index (χ4n) is 10.6. The molecule has 73 heavy (non-hydrogen) atoms. The van der Waals surface area contributed by atoms with Crippen LogP contribution in [0.3, 0.4) is 0 Å². The molecule has 0 spiro atoms. The monoisotopic (exact) mass is 1040 g/mol. The first-order valence-electron chi connectivity index (χ1n) is 26.8. The van der Waals surface area contributed by atoms with Crippen LogP contribution in [0, 0.1) is 29.6 Å². The molecule has 16 heteroatoms. The van der Waals surface area contributed by atoms with Crippen LogP contribution in [0.15, 0.2) is 59.8 Å². The van der Waals surface area contributed by atoms with E-state index in [4.69, 9.17) is 33.2 Å². The number of fused-ring (bicyclic) bond motifs is 3. The number of hydrogen-bond donors (Lipinski definition) is 2. The second kappa shape index (κ2) is 29.2. The Kier molecular flexibility index (Phi) is 24.8. The Morgan fingerprint density at radius 1 is 0.863 bits per heavy atom. The van der Waals surface area contributed by atoms with Crippen LogP contribution in [0.2, 0.25) is 19.6 Å². The van der Waals surface area contributed by atoms with Crippen LogP contribution in [0.5, 0.6) is 0 Å². The van der Waals surface area contributed by atoms with Crippen molar-refractivity contribution < 1.29 is 67.3 Å². The Labute approximate surface area is 437 Å². The largest absolute Gasteiger partial charge is 0.460 e. The second-order valence-electron chi connectivity index (χ2n) is 22.7. The summed E-state index contributed by atoms with van der Waals surface area (Å²) in [5, 5.41) is 23.5. The number of rotatable bonds is 12. The number of ketones is 3.